The molecule has 0 heterocycles. The van der Waals surface area contributed by atoms with E-state index in [1.807, 2.05) is 18.2 Å². The minimum atomic E-state index is 0.698. The van der Waals surface area contributed by atoms with Gasteiger partial charge in [0.25, 0.3) is 0 Å². The van der Waals surface area contributed by atoms with E-state index < -0.39 is 0 Å². The number of halogens is 1. The van der Waals surface area contributed by atoms with Gasteiger partial charge in [-0.15, -0.1) is 0 Å². The standard InChI is InChI=1S/C13H18ClN/c1-2-13(11-6-7-11)15-9-10-4-3-5-12(14)8-10/h3-5,8,11,13,15H,2,6-7,9H2,1H3. The Hall–Kier alpha value is -0.530. The Bertz CT molecular complexity index is 320. The van der Waals surface area contributed by atoms with E-state index in [4.69, 9.17) is 11.6 Å². The van der Waals surface area contributed by atoms with Crippen LogP contribution in [0, 0.1) is 5.92 Å². The summed E-state index contributed by atoms with van der Waals surface area (Å²) in [5.74, 6) is 0.925. The van der Waals surface area contributed by atoms with Crippen LogP contribution in [0.3, 0.4) is 0 Å². The molecular weight excluding hydrogens is 206 g/mol. The van der Waals surface area contributed by atoms with Gasteiger partial charge in [0.15, 0.2) is 0 Å². The number of hydrogen-bond donors (Lipinski definition) is 1. The van der Waals surface area contributed by atoms with Crippen molar-refractivity contribution in [3.8, 4) is 0 Å². The van der Waals surface area contributed by atoms with E-state index in [0.29, 0.717) is 6.04 Å². The minimum absolute atomic E-state index is 0.698. The molecule has 2 heteroatoms. The van der Waals surface area contributed by atoms with Crippen molar-refractivity contribution in [1.82, 2.24) is 5.32 Å². The van der Waals surface area contributed by atoms with Crippen LogP contribution >= 0.6 is 11.6 Å². The van der Waals surface area contributed by atoms with Crippen molar-refractivity contribution < 1.29 is 0 Å². The Balaban J connectivity index is 1.86. The highest BCUT2D eigenvalue weighted by Crippen LogP contribution is 2.34. The van der Waals surface area contributed by atoms with Crippen LogP contribution in [0.1, 0.15) is 31.7 Å². The van der Waals surface area contributed by atoms with Gasteiger partial charge < -0.3 is 5.32 Å². The number of rotatable bonds is 5. The van der Waals surface area contributed by atoms with Crippen molar-refractivity contribution in [2.75, 3.05) is 0 Å². The van der Waals surface area contributed by atoms with Crippen LogP contribution in [0.2, 0.25) is 5.02 Å². The summed E-state index contributed by atoms with van der Waals surface area (Å²) >= 11 is 5.94. The Labute approximate surface area is 96.8 Å². The average molecular weight is 224 g/mol. The first kappa shape index (κ1) is 11.0. The van der Waals surface area contributed by atoms with E-state index >= 15 is 0 Å². The second kappa shape index (κ2) is 5.00. The molecule has 0 amide bonds. The van der Waals surface area contributed by atoms with E-state index in [2.05, 4.69) is 18.3 Å². The van der Waals surface area contributed by atoms with Crippen molar-refractivity contribution >= 4 is 11.6 Å². The topological polar surface area (TPSA) is 12.0 Å². The fourth-order valence-corrected chi connectivity index (χ4v) is 2.25. The van der Waals surface area contributed by atoms with Gasteiger partial charge in [-0.05, 0) is 42.9 Å². The van der Waals surface area contributed by atoms with Crippen molar-refractivity contribution in [2.24, 2.45) is 5.92 Å². The smallest absolute Gasteiger partial charge is 0.0409 e. The van der Waals surface area contributed by atoms with Crippen LogP contribution in [-0.4, -0.2) is 6.04 Å². The summed E-state index contributed by atoms with van der Waals surface area (Å²) < 4.78 is 0. The molecule has 1 aliphatic rings. The molecule has 0 radical (unpaired) electrons. The number of nitrogens with one attached hydrogen (secondary N) is 1. The summed E-state index contributed by atoms with van der Waals surface area (Å²) in [4.78, 5) is 0. The number of hydrogen-bond acceptors (Lipinski definition) is 1. The normalized spacial score (nSPS) is 17.7. The molecule has 0 saturated heterocycles. The Morgan fingerprint density at radius 2 is 2.27 bits per heavy atom. The van der Waals surface area contributed by atoms with E-state index in [1.165, 1.54) is 24.8 Å². The molecule has 1 aromatic rings. The van der Waals surface area contributed by atoms with E-state index in [-0.39, 0.29) is 0 Å². The zero-order valence-corrected chi connectivity index (χ0v) is 9.93. The van der Waals surface area contributed by atoms with Crippen molar-refractivity contribution in [1.29, 1.82) is 0 Å². The highest BCUT2D eigenvalue weighted by atomic mass is 35.5. The molecule has 0 bridgehead atoms. The van der Waals surface area contributed by atoms with Crippen molar-refractivity contribution in [3.05, 3.63) is 34.9 Å². The van der Waals surface area contributed by atoms with Gasteiger partial charge in [0.05, 0.1) is 0 Å². The minimum Gasteiger partial charge on any atom is -0.310 e. The zero-order chi connectivity index (χ0) is 10.7. The third-order valence-corrected chi connectivity index (χ3v) is 3.32. The van der Waals surface area contributed by atoms with Gasteiger partial charge in [-0.3, -0.25) is 0 Å². The van der Waals surface area contributed by atoms with Gasteiger partial charge in [-0.25, -0.2) is 0 Å². The predicted octanol–water partition coefficient (Wildman–Crippen LogP) is 3.62. The van der Waals surface area contributed by atoms with Crippen LogP contribution in [0.15, 0.2) is 24.3 Å². The maximum absolute atomic E-state index is 5.94. The monoisotopic (exact) mass is 223 g/mol. The second-order valence-electron chi connectivity index (χ2n) is 4.36. The Kier molecular flexibility index (Phi) is 3.66. The summed E-state index contributed by atoms with van der Waals surface area (Å²) in [6.45, 7) is 3.20. The average Bonchev–Trinajstić information content (AvgIpc) is 3.03. The van der Waals surface area contributed by atoms with Crippen LogP contribution in [0.4, 0.5) is 0 Å². The van der Waals surface area contributed by atoms with Gasteiger partial charge >= 0.3 is 0 Å². The molecule has 1 unspecified atom stereocenters. The molecule has 1 nitrogen and oxygen atoms in total. The molecule has 82 valence electrons. The first-order valence-corrected chi connectivity index (χ1v) is 6.15. The lowest BCUT2D eigenvalue weighted by Gasteiger charge is -2.16. The molecule has 1 aromatic carbocycles. The van der Waals surface area contributed by atoms with Gasteiger partial charge in [-0.1, -0.05) is 30.7 Å². The maximum Gasteiger partial charge on any atom is 0.0409 e. The molecule has 1 fully saturated rings. The molecule has 0 aliphatic heterocycles. The first-order valence-electron chi connectivity index (χ1n) is 5.77. The summed E-state index contributed by atoms with van der Waals surface area (Å²) in [7, 11) is 0. The summed E-state index contributed by atoms with van der Waals surface area (Å²) in [6, 6.07) is 8.79. The highest BCUT2D eigenvalue weighted by molar-refractivity contribution is 6.30. The molecule has 1 N–H and O–H groups in total. The van der Waals surface area contributed by atoms with Gasteiger partial charge in [0.2, 0.25) is 0 Å². The Morgan fingerprint density at radius 3 is 2.87 bits per heavy atom. The molecule has 1 saturated carbocycles. The molecule has 1 atom stereocenters. The highest BCUT2D eigenvalue weighted by Gasteiger charge is 2.29. The molecular formula is C13H18ClN. The summed E-state index contributed by atoms with van der Waals surface area (Å²) in [5.41, 5.74) is 1.28. The fourth-order valence-electron chi connectivity index (χ4n) is 2.04. The SMILES string of the molecule is CCC(NCc1cccc(Cl)c1)C1CC1. The first-order chi connectivity index (χ1) is 7.29. The largest absolute Gasteiger partial charge is 0.310 e. The Morgan fingerprint density at radius 1 is 1.47 bits per heavy atom. The summed E-state index contributed by atoms with van der Waals surface area (Å²) in [6.07, 6.45) is 4.04. The van der Waals surface area contributed by atoms with E-state index in [0.717, 1.165) is 17.5 Å². The van der Waals surface area contributed by atoms with Gasteiger partial charge in [0.1, 0.15) is 0 Å². The molecule has 0 spiro atoms. The molecule has 2 rings (SSSR count). The number of benzene rings is 1. The van der Waals surface area contributed by atoms with Crippen molar-refractivity contribution in [2.45, 2.75) is 38.8 Å². The van der Waals surface area contributed by atoms with Crippen LogP contribution < -0.4 is 5.32 Å². The molecule has 0 aromatic heterocycles. The fraction of sp³-hybridized carbons (Fsp3) is 0.538. The van der Waals surface area contributed by atoms with E-state index in [1.54, 1.807) is 0 Å². The second-order valence-corrected chi connectivity index (χ2v) is 4.80. The van der Waals surface area contributed by atoms with Crippen LogP contribution in [-0.2, 0) is 6.54 Å². The summed E-state index contributed by atoms with van der Waals surface area (Å²) in [5, 5.41) is 4.44. The quantitative estimate of drug-likeness (QED) is 0.804. The third-order valence-electron chi connectivity index (χ3n) is 3.09. The lowest BCUT2D eigenvalue weighted by molar-refractivity contribution is 0.449. The van der Waals surface area contributed by atoms with Crippen molar-refractivity contribution in [3.63, 3.8) is 0 Å². The molecule has 15 heavy (non-hydrogen) atoms. The predicted molar refractivity (Wildman–Crippen MR) is 65.1 cm³/mol. The zero-order valence-electron chi connectivity index (χ0n) is 9.17. The lowest BCUT2D eigenvalue weighted by Crippen LogP contribution is -2.29. The van der Waals surface area contributed by atoms with Crippen LogP contribution in [0.5, 0.6) is 0 Å². The van der Waals surface area contributed by atoms with Crippen LogP contribution in [0.25, 0.3) is 0 Å². The van der Waals surface area contributed by atoms with E-state index in [9.17, 15) is 0 Å². The van der Waals surface area contributed by atoms with Gasteiger partial charge in [-0.2, -0.15) is 0 Å². The maximum atomic E-state index is 5.94. The third kappa shape index (κ3) is 3.22. The van der Waals surface area contributed by atoms with Gasteiger partial charge in [0, 0.05) is 17.6 Å². The molecule has 1 aliphatic carbocycles. The lowest BCUT2D eigenvalue weighted by atomic mass is 10.1.